The highest BCUT2D eigenvalue weighted by Crippen LogP contribution is 2.23. The summed E-state index contributed by atoms with van der Waals surface area (Å²) in [7, 11) is 0. The van der Waals surface area contributed by atoms with Gasteiger partial charge < -0.3 is 14.7 Å². The molecule has 0 spiro atoms. The van der Waals surface area contributed by atoms with Crippen molar-refractivity contribution in [2.24, 2.45) is 5.92 Å². The Labute approximate surface area is 137 Å². The molecule has 1 aromatic rings. The van der Waals surface area contributed by atoms with Gasteiger partial charge in [-0.1, -0.05) is 12.1 Å². The van der Waals surface area contributed by atoms with E-state index in [2.05, 4.69) is 0 Å². The summed E-state index contributed by atoms with van der Waals surface area (Å²) in [4.78, 5) is 25.3. The molecule has 2 atom stereocenters. The van der Waals surface area contributed by atoms with E-state index in [1.54, 1.807) is 4.90 Å². The number of carbonyl (C=O) groups is 2. The van der Waals surface area contributed by atoms with E-state index in [-0.39, 0.29) is 11.9 Å². The maximum absolute atomic E-state index is 12.4. The van der Waals surface area contributed by atoms with Crippen LogP contribution in [0.15, 0.2) is 24.3 Å². The Balaban J connectivity index is 1.89. The van der Waals surface area contributed by atoms with Gasteiger partial charge in [0.25, 0.3) is 0 Å². The standard InChI is InChI=1S/C18H25NO4/c1-3-23-16-9-5-14(6-10-16)7-11-17(20)19-12-15(18(21)22)8-4-13(19)2/h5-6,9-10,13,15H,3-4,7-8,11-12H2,1-2H3,(H,21,22). The highest BCUT2D eigenvalue weighted by Gasteiger charge is 2.32. The Bertz CT molecular complexity index is 540. The summed E-state index contributed by atoms with van der Waals surface area (Å²) in [6.07, 6.45) is 2.47. The van der Waals surface area contributed by atoms with E-state index >= 15 is 0 Å². The van der Waals surface area contributed by atoms with E-state index < -0.39 is 11.9 Å². The van der Waals surface area contributed by atoms with Crippen molar-refractivity contribution in [1.29, 1.82) is 0 Å². The molecule has 126 valence electrons. The molecule has 1 aliphatic heterocycles. The minimum atomic E-state index is -0.804. The van der Waals surface area contributed by atoms with E-state index in [4.69, 9.17) is 9.84 Å². The van der Waals surface area contributed by atoms with Gasteiger partial charge in [-0.2, -0.15) is 0 Å². The summed E-state index contributed by atoms with van der Waals surface area (Å²) in [5.74, 6) is -0.365. The van der Waals surface area contributed by atoms with Crippen LogP contribution in [-0.2, 0) is 16.0 Å². The zero-order valence-electron chi connectivity index (χ0n) is 13.8. The molecule has 1 fully saturated rings. The molecule has 0 bridgehead atoms. The lowest BCUT2D eigenvalue weighted by atomic mass is 9.93. The van der Waals surface area contributed by atoms with Crippen LogP contribution < -0.4 is 4.74 Å². The lowest BCUT2D eigenvalue weighted by Crippen LogP contribution is -2.47. The summed E-state index contributed by atoms with van der Waals surface area (Å²) < 4.78 is 5.40. The molecule has 2 rings (SSSR count). The Kier molecular flexibility index (Phi) is 6.02. The number of hydrogen-bond acceptors (Lipinski definition) is 3. The van der Waals surface area contributed by atoms with Crippen molar-refractivity contribution >= 4 is 11.9 Å². The second-order valence-corrected chi connectivity index (χ2v) is 6.08. The quantitative estimate of drug-likeness (QED) is 0.875. The number of hydrogen-bond donors (Lipinski definition) is 1. The van der Waals surface area contributed by atoms with Crippen molar-refractivity contribution in [3.63, 3.8) is 0 Å². The highest BCUT2D eigenvalue weighted by molar-refractivity contribution is 5.78. The molecule has 1 heterocycles. The number of benzene rings is 1. The number of piperidine rings is 1. The van der Waals surface area contributed by atoms with E-state index in [1.165, 1.54) is 0 Å². The van der Waals surface area contributed by atoms with Gasteiger partial charge >= 0.3 is 5.97 Å². The average Bonchev–Trinajstić information content (AvgIpc) is 2.54. The number of likely N-dealkylation sites (tertiary alicyclic amines) is 1. The SMILES string of the molecule is CCOc1ccc(CCC(=O)N2CC(C(=O)O)CCC2C)cc1. The number of aryl methyl sites for hydroxylation is 1. The average molecular weight is 319 g/mol. The maximum Gasteiger partial charge on any atom is 0.308 e. The topological polar surface area (TPSA) is 66.8 Å². The van der Waals surface area contributed by atoms with Gasteiger partial charge in [-0.3, -0.25) is 9.59 Å². The molecular formula is C18H25NO4. The molecular weight excluding hydrogens is 294 g/mol. The van der Waals surface area contributed by atoms with Crippen LogP contribution in [0.4, 0.5) is 0 Å². The first-order valence-corrected chi connectivity index (χ1v) is 8.25. The number of ether oxygens (including phenoxy) is 1. The van der Waals surface area contributed by atoms with E-state index in [9.17, 15) is 9.59 Å². The second-order valence-electron chi connectivity index (χ2n) is 6.08. The molecule has 5 heteroatoms. The zero-order valence-corrected chi connectivity index (χ0v) is 13.8. The molecule has 2 unspecified atom stereocenters. The van der Waals surface area contributed by atoms with Crippen molar-refractivity contribution in [2.45, 2.75) is 45.6 Å². The van der Waals surface area contributed by atoms with Gasteiger partial charge in [0.15, 0.2) is 0 Å². The van der Waals surface area contributed by atoms with Gasteiger partial charge in [0.2, 0.25) is 5.91 Å². The summed E-state index contributed by atoms with van der Waals surface area (Å²) >= 11 is 0. The lowest BCUT2D eigenvalue weighted by Gasteiger charge is -2.36. The Morgan fingerprint density at radius 3 is 2.57 bits per heavy atom. The smallest absolute Gasteiger partial charge is 0.308 e. The van der Waals surface area contributed by atoms with E-state index in [0.29, 0.717) is 32.4 Å². The first-order chi connectivity index (χ1) is 11.0. The number of carboxylic acid groups (broad SMARTS) is 1. The van der Waals surface area contributed by atoms with Gasteiger partial charge in [-0.05, 0) is 50.8 Å². The largest absolute Gasteiger partial charge is 0.494 e. The molecule has 1 aromatic carbocycles. The fraction of sp³-hybridized carbons (Fsp3) is 0.556. The predicted octanol–water partition coefficient (Wildman–Crippen LogP) is 2.73. The molecule has 0 saturated carbocycles. The summed E-state index contributed by atoms with van der Waals surface area (Å²) in [5, 5.41) is 9.15. The number of aliphatic carboxylic acids is 1. The summed E-state index contributed by atoms with van der Waals surface area (Å²) in [5.41, 5.74) is 1.08. The fourth-order valence-electron chi connectivity index (χ4n) is 2.97. The van der Waals surface area contributed by atoms with Gasteiger partial charge in [0.05, 0.1) is 12.5 Å². The Morgan fingerprint density at radius 1 is 1.26 bits per heavy atom. The number of rotatable bonds is 6. The van der Waals surface area contributed by atoms with Gasteiger partial charge in [0.1, 0.15) is 5.75 Å². The monoisotopic (exact) mass is 319 g/mol. The minimum absolute atomic E-state index is 0.0392. The molecule has 1 aliphatic rings. The van der Waals surface area contributed by atoms with Crippen LogP contribution in [0.25, 0.3) is 0 Å². The molecule has 5 nitrogen and oxygen atoms in total. The van der Waals surface area contributed by atoms with Crippen molar-refractivity contribution in [3.8, 4) is 5.75 Å². The third kappa shape index (κ3) is 4.71. The number of carbonyl (C=O) groups excluding carboxylic acids is 1. The van der Waals surface area contributed by atoms with Gasteiger partial charge in [-0.15, -0.1) is 0 Å². The van der Waals surface area contributed by atoms with Crippen molar-refractivity contribution < 1.29 is 19.4 Å². The molecule has 23 heavy (non-hydrogen) atoms. The summed E-state index contributed by atoms with van der Waals surface area (Å²) in [6.45, 7) is 4.90. The molecule has 1 N–H and O–H groups in total. The van der Waals surface area contributed by atoms with E-state index in [1.807, 2.05) is 38.1 Å². The third-order valence-corrected chi connectivity index (χ3v) is 4.41. The molecule has 0 aliphatic carbocycles. The molecule has 1 saturated heterocycles. The van der Waals surface area contributed by atoms with Crippen LogP contribution in [0, 0.1) is 5.92 Å². The lowest BCUT2D eigenvalue weighted by molar-refractivity contribution is -0.147. The van der Waals surface area contributed by atoms with Crippen LogP contribution in [0.3, 0.4) is 0 Å². The van der Waals surface area contributed by atoms with Crippen molar-refractivity contribution in [2.75, 3.05) is 13.2 Å². The third-order valence-electron chi connectivity index (χ3n) is 4.41. The van der Waals surface area contributed by atoms with Gasteiger partial charge in [0, 0.05) is 19.0 Å². The highest BCUT2D eigenvalue weighted by atomic mass is 16.5. The predicted molar refractivity (Wildman–Crippen MR) is 87.5 cm³/mol. The number of carboxylic acids is 1. The van der Waals surface area contributed by atoms with Crippen LogP contribution in [0.5, 0.6) is 5.75 Å². The molecule has 0 radical (unpaired) electrons. The molecule has 0 aromatic heterocycles. The maximum atomic E-state index is 12.4. The Hall–Kier alpha value is -2.04. The zero-order chi connectivity index (χ0) is 16.8. The van der Waals surface area contributed by atoms with Crippen LogP contribution >= 0.6 is 0 Å². The van der Waals surface area contributed by atoms with E-state index in [0.717, 1.165) is 17.7 Å². The van der Waals surface area contributed by atoms with Gasteiger partial charge in [-0.25, -0.2) is 0 Å². The fourth-order valence-corrected chi connectivity index (χ4v) is 2.97. The first kappa shape index (κ1) is 17.3. The minimum Gasteiger partial charge on any atom is -0.494 e. The van der Waals surface area contributed by atoms with Crippen LogP contribution in [0.1, 0.15) is 38.7 Å². The number of nitrogens with zero attached hydrogens (tertiary/aromatic N) is 1. The molecule has 1 amide bonds. The van der Waals surface area contributed by atoms with Crippen LogP contribution in [0.2, 0.25) is 0 Å². The van der Waals surface area contributed by atoms with Crippen LogP contribution in [-0.4, -0.2) is 41.1 Å². The number of amides is 1. The second kappa shape index (κ2) is 7.99. The normalized spacial score (nSPS) is 21.0. The first-order valence-electron chi connectivity index (χ1n) is 8.25. The van der Waals surface area contributed by atoms with Crippen molar-refractivity contribution in [3.05, 3.63) is 29.8 Å². The Morgan fingerprint density at radius 2 is 1.96 bits per heavy atom. The van der Waals surface area contributed by atoms with Crippen molar-refractivity contribution in [1.82, 2.24) is 4.90 Å². The summed E-state index contributed by atoms with van der Waals surface area (Å²) in [6, 6.07) is 7.88.